The van der Waals surface area contributed by atoms with E-state index in [0.717, 1.165) is 11.8 Å². The maximum absolute atomic E-state index is 9.89. The van der Waals surface area contributed by atoms with Crippen LogP contribution in [0.5, 0.6) is 0 Å². The predicted octanol–water partition coefficient (Wildman–Crippen LogP) is 0.239. The summed E-state index contributed by atoms with van der Waals surface area (Å²) < 4.78 is 0. The molecule has 0 fully saturated rings. The first-order chi connectivity index (χ1) is 3.12. The summed E-state index contributed by atoms with van der Waals surface area (Å²) in [5.74, 6) is 1.53. The highest BCUT2D eigenvalue weighted by Crippen LogP contribution is 1.88. The van der Waals surface area contributed by atoms with E-state index in [1.165, 1.54) is 0 Å². The second-order valence-electron chi connectivity index (χ2n) is 2.06. The molecule has 0 aliphatic heterocycles. The zero-order chi connectivity index (χ0) is 5.91. The highest BCUT2D eigenvalue weighted by molar-refractivity contribution is 7.16. The van der Waals surface area contributed by atoms with Crippen LogP contribution >= 0.6 is 0 Å². The molecule has 2 nitrogen and oxygen atoms in total. The molecule has 0 aliphatic carbocycles. The van der Waals surface area contributed by atoms with Crippen LogP contribution in [0.25, 0.3) is 0 Å². The van der Waals surface area contributed by atoms with Gasteiger partial charge in [-0.25, -0.2) is 0 Å². The molecule has 0 aromatic carbocycles. The van der Waals surface area contributed by atoms with Crippen molar-refractivity contribution in [2.24, 2.45) is 0 Å². The van der Waals surface area contributed by atoms with E-state index < -0.39 is 8.07 Å². The molecule has 0 bridgehead atoms. The van der Waals surface area contributed by atoms with Gasteiger partial charge in [-0.2, -0.15) is 0 Å². The molecule has 7 heavy (non-hydrogen) atoms. The SMILES string of the molecule is C[Si](C)(C=O)C=O. The van der Waals surface area contributed by atoms with E-state index in [1.54, 1.807) is 13.1 Å². The third-order valence-electron chi connectivity index (χ3n) is 0.607. The molecule has 0 atom stereocenters. The Bertz CT molecular complexity index is 77.7. The minimum Gasteiger partial charge on any atom is -0.308 e. The fourth-order valence-electron chi connectivity index (χ4n) is 0.0278. The summed E-state index contributed by atoms with van der Waals surface area (Å²) in [6, 6.07) is 0. The zero-order valence-corrected chi connectivity index (χ0v) is 5.47. The predicted molar refractivity (Wildman–Crippen MR) is 31.0 cm³/mol. The Kier molecular flexibility index (Phi) is 1.89. The molecular formula is C4H8O2Si. The van der Waals surface area contributed by atoms with Crippen LogP contribution in [0, 0.1) is 0 Å². The van der Waals surface area contributed by atoms with Gasteiger partial charge in [-0.3, -0.25) is 0 Å². The van der Waals surface area contributed by atoms with Crippen molar-refractivity contribution in [3.05, 3.63) is 0 Å². The molecule has 0 unspecified atom stereocenters. The number of rotatable bonds is 2. The number of hydrogen-bond acceptors (Lipinski definition) is 2. The van der Waals surface area contributed by atoms with Crippen molar-refractivity contribution in [1.29, 1.82) is 0 Å². The van der Waals surface area contributed by atoms with Gasteiger partial charge in [-0.15, -0.1) is 0 Å². The van der Waals surface area contributed by atoms with E-state index in [9.17, 15) is 9.59 Å². The van der Waals surface area contributed by atoms with Crippen molar-refractivity contribution in [1.82, 2.24) is 0 Å². The van der Waals surface area contributed by atoms with Crippen molar-refractivity contribution in [3.63, 3.8) is 0 Å². The van der Waals surface area contributed by atoms with Gasteiger partial charge in [0.05, 0.1) is 0 Å². The molecular weight excluding hydrogens is 108 g/mol. The van der Waals surface area contributed by atoms with Crippen LogP contribution in [0.15, 0.2) is 0 Å². The van der Waals surface area contributed by atoms with Crippen LogP contribution in [0.4, 0.5) is 0 Å². The highest BCUT2D eigenvalue weighted by atomic mass is 28.3. The monoisotopic (exact) mass is 116 g/mol. The number of carbonyl (C=O) groups excluding carboxylic acids is 2. The summed E-state index contributed by atoms with van der Waals surface area (Å²) in [6.45, 7) is 3.40. The van der Waals surface area contributed by atoms with E-state index in [1.807, 2.05) is 0 Å². The molecule has 0 heterocycles. The molecule has 0 aromatic rings. The Morgan fingerprint density at radius 3 is 1.43 bits per heavy atom. The summed E-state index contributed by atoms with van der Waals surface area (Å²) in [4.78, 5) is 19.8. The maximum Gasteiger partial charge on any atom is 0.194 e. The molecule has 0 N–H and O–H groups in total. The summed E-state index contributed by atoms with van der Waals surface area (Å²) >= 11 is 0. The van der Waals surface area contributed by atoms with Gasteiger partial charge >= 0.3 is 0 Å². The number of hydrogen-bond donors (Lipinski definition) is 0. The Balaban J connectivity index is 3.82. The number of carbonyl (C=O) groups is 2. The van der Waals surface area contributed by atoms with E-state index in [4.69, 9.17) is 0 Å². The second kappa shape index (κ2) is 2.02. The first kappa shape index (κ1) is 6.56. The van der Waals surface area contributed by atoms with Crippen LogP contribution in [0.2, 0.25) is 13.1 Å². The van der Waals surface area contributed by atoms with Gasteiger partial charge in [0, 0.05) is 0 Å². The van der Waals surface area contributed by atoms with Gasteiger partial charge in [-0.05, 0) is 0 Å². The Morgan fingerprint density at radius 2 is 1.43 bits per heavy atom. The van der Waals surface area contributed by atoms with Crippen molar-refractivity contribution in [2.75, 3.05) is 0 Å². The van der Waals surface area contributed by atoms with Gasteiger partial charge in [0.25, 0.3) is 0 Å². The Labute approximate surface area is 43.5 Å². The minimum absolute atomic E-state index is 0.764. The van der Waals surface area contributed by atoms with Gasteiger partial charge < -0.3 is 9.59 Å². The minimum atomic E-state index is -2.01. The lowest BCUT2D eigenvalue weighted by molar-refractivity contribution is 0.561. The van der Waals surface area contributed by atoms with Crippen molar-refractivity contribution in [2.45, 2.75) is 13.1 Å². The molecule has 0 aromatic heterocycles. The zero-order valence-electron chi connectivity index (χ0n) is 4.47. The molecule has 0 aliphatic rings. The fraction of sp³-hybridized carbons (Fsp3) is 0.500. The third-order valence-corrected chi connectivity index (χ3v) is 1.82. The van der Waals surface area contributed by atoms with Gasteiger partial charge in [-0.1, -0.05) is 13.1 Å². The topological polar surface area (TPSA) is 34.1 Å². The van der Waals surface area contributed by atoms with E-state index in [0.29, 0.717) is 0 Å². The Hall–Kier alpha value is -0.443. The van der Waals surface area contributed by atoms with Crippen LogP contribution < -0.4 is 0 Å². The summed E-state index contributed by atoms with van der Waals surface area (Å²) in [5, 5.41) is 0. The van der Waals surface area contributed by atoms with E-state index in [-0.39, 0.29) is 0 Å². The van der Waals surface area contributed by atoms with Crippen LogP contribution in [0.1, 0.15) is 0 Å². The molecule has 0 saturated heterocycles. The summed E-state index contributed by atoms with van der Waals surface area (Å²) in [5.41, 5.74) is 0. The first-order valence-corrected chi connectivity index (χ1v) is 5.20. The standard InChI is InChI=1S/C4H8O2Si/c1-7(2,3-5)4-6/h3-4H,1-2H3. The molecule has 0 radical (unpaired) electrons. The maximum atomic E-state index is 9.89. The largest absolute Gasteiger partial charge is 0.308 e. The van der Waals surface area contributed by atoms with Crippen LogP contribution in [0.3, 0.4) is 0 Å². The Morgan fingerprint density at radius 1 is 1.14 bits per heavy atom. The van der Waals surface area contributed by atoms with Crippen molar-refractivity contribution >= 4 is 19.9 Å². The smallest absolute Gasteiger partial charge is 0.194 e. The van der Waals surface area contributed by atoms with E-state index >= 15 is 0 Å². The van der Waals surface area contributed by atoms with Crippen molar-refractivity contribution < 1.29 is 9.59 Å². The molecule has 0 amide bonds. The highest BCUT2D eigenvalue weighted by Gasteiger charge is 2.17. The molecule has 0 rings (SSSR count). The quantitative estimate of drug-likeness (QED) is 0.382. The molecule has 0 saturated carbocycles. The van der Waals surface area contributed by atoms with Gasteiger partial charge in [0.2, 0.25) is 0 Å². The lowest BCUT2D eigenvalue weighted by Crippen LogP contribution is -2.29. The van der Waals surface area contributed by atoms with Gasteiger partial charge in [0.1, 0.15) is 11.8 Å². The van der Waals surface area contributed by atoms with Crippen LogP contribution in [-0.2, 0) is 9.59 Å². The fourth-order valence-corrected chi connectivity index (χ4v) is 0.0833. The normalized spacial score (nSPS) is 10.6. The summed E-state index contributed by atoms with van der Waals surface area (Å²) in [7, 11) is -2.01. The van der Waals surface area contributed by atoms with Crippen molar-refractivity contribution in [3.8, 4) is 0 Å². The van der Waals surface area contributed by atoms with Crippen LogP contribution in [-0.4, -0.2) is 19.9 Å². The van der Waals surface area contributed by atoms with E-state index in [2.05, 4.69) is 0 Å². The first-order valence-electron chi connectivity index (χ1n) is 2.05. The third kappa shape index (κ3) is 2.28. The molecule has 40 valence electrons. The molecule has 0 spiro atoms. The second-order valence-corrected chi connectivity index (χ2v) is 6.17. The average molecular weight is 116 g/mol. The lowest BCUT2D eigenvalue weighted by Gasteiger charge is -1.97. The molecule has 3 heteroatoms. The average Bonchev–Trinajstić information content (AvgIpc) is 1.68. The lowest BCUT2D eigenvalue weighted by atomic mass is 11.7. The summed E-state index contributed by atoms with van der Waals surface area (Å²) in [6.07, 6.45) is 0. The van der Waals surface area contributed by atoms with Gasteiger partial charge in [0.15, 0.2) is 8.07 Å².